The molecule has 0 radical (unpaired) electrons. The first-order valence-corrected chi connectivity index (χ1v) is 6.45. The summed E-state index contributed by atoms with van der Waals surface area (Å²) >= 11 is 0. The summed E-state index contributed by atoms with van der Waals surface area (Å²) in [5.74, 6) is 0. The van der Waals surface area contributed by atoms with E-state index in [0.717, 1.165) is 13.0 Å². The van der Waals surface area contributed by atoms with Crippen LogP contribution in [-0.2, 0) is 4.74 Å². The quantitative estimate of drug-likeness (QED) is 0.791. The van der Waals surface area contributed by atoms with Gasteiger partial charge in [-0.05, 0) is 26.3 Å². The summed E-state index contributed by atoms with van der Waals surface area (Å²) in [5, 5.41) is 3.42. The molecule has 1 heterocycles. The number of alkyl halides is 3. The summed E-state index contributed by atoms with van der Waals surface area (Å²) in [6.07, 6.45) is -0.904. The summed E-state index contributed by atoms with van der Waals surface area (Å²) in [5.41, 5.74) is -0.150. The van der Waals surface area contributed by atoms with Crippen molar-refractivity contribution in [3.8, 4) is 0 Å². The molecular formula is C12H21F3N2O. The summed E-state index contributed by atoms with van der Waals surface area (Å²) < 4.78 is 42.4. The summed E-state index contributed by atoms with van der Waals surface area (Å²) in [7, 11) is 1.53. The molecule has 1 atom stereocenters. The van der Waals surface area contributed by atoms with Crippen molar-refractivity contribution in [2.75, 3.05) is 39.9 Å². The number of hydrogen-bond donors (Lipinski definition) is 1. The molecule has 0 spiro atoms. The van der Waals surface area contributed by atoms with E-state index in [0.29, 0.717) is 25.8 Å². The molecular weight excluding hydrogens is 245 g/mol. The Hall–Kier alpha value is -0.330. The van der Waals surface area contributed by atoms with Crippen LogP contribution in [0, 0.1) is 5.41 Å². The van der Waals surface area contributed by atoms with E-state index in [1.807, 2.05) is 0 Å². The molecule has 0 aromatic rings. The van der Waals surface area contributed by atoms with E-state index in [1.165, 1.54) is 24.8 Å². The molecule has 3 nitrogen and oxygen atoms in total. The Morgan fingerprint density at radius 1 is 1.39 bits per heavy atom. The zero-order chi connectivity index (χ0) is 13.2. The SMILES string of the molecule is CN(CC(F)(F)F)CC1(CNC2CC2)CCOC1. The average Bonchev–Trinajstić information content (AvgIpc) is 2.95. The molecule has 1 aliphatic heterocycles. The molecule has 1 N–H and O–H groups in total. The highest BCUT2D eigenvalue weighted by Crippen LogP contribution is 2.31. The Morgan fingerprint density at radius 3 is 2.61 bits per heavy atom. The molecule has 106 valence electrons. The molecule has 0 aromatic carbocycles. The first-order chi connectivity index (χ1) is 8.39. The van der Waals surface area contributed by atoms with Crippen molar-refractivity contribution in [1.29, 1.82) is 0 Å². The van der Waals surface area contributed by atoms with Crippen LogP contribution in [0.15, 0.2) is 0 Å². The molecule has 1 saturated heterocycles. The van der Waals surface area contributed by atoms with Gasteiger partial charge in [0.15, 0.2) is 0 Å². The maximum atomic E-state index is 12.3. The van der Waals surface area contributed by atoms with Gasteiger partial charge in [-0.2, -0.15) is 13.2 Å². The number of hydrogen-bond acceptors (Lipinski definition) is 3. The Kier molecular flexibility index (Phi) is 4.18. The number of halogens is 3. The maximum Gasteiger partial charge on any atom is 0.401 e. The lowest BCUT2D eigenvalue weighted by atomic mass is 9.86. The van der Waals surface area contributed by atoms with E-state index in [-0.39, 0.29) is 5.41 Å². The van der Waals surface area contributed by atoms with Crippen molar-refractivity contribution in [1.82, 2.24) is 10.2 Å². The van der Waals surface area contributed by atoms with Gasteiger partial charge >= 0.3 is 6.18 Å². The Labute approximate surface area is 106 Å². The molecule has 0 bridgehead atoms. The van der Waals surface area contributed by atoms with Gasteiger partial charge in [-0.25, -0.2) is 0 Å². The van der Waals surface area contributed by atoms with Crippen molar-refractivity contribution in [3.05, 3.63) is 0 Å². The first kappa shape index (κ1) is 14.1. The van der Waals surface area contributed by atoms with Crippen LogP contribution in [0.3, 0.4) is 0 Å². The van der Waals surface area contributed by atoms with E-state index < -0.39 is 12.7 Å². The van der Waals surface area contributed by atoms with Gasteiger partial charge in [0.2, 0.25) is 0 Å². The lowest BCUT2D eigenvalue weighted by Crippen LogP contribution is -2.46. The number of rotatable bonds is 6. The fraction of sp³-hybridized carbons (Fsp3) is 1.00. The van der Waals surface area contributed by atoms with E-state index in [2.05, 4.69) is 5.32 Å². The van der Waals surface area contributed by atoms with E-state index in [4.69, 9.17) is 4.74 Å². The predicted octanol–water partition coefficient (Wildman–Crippen LogP) is 1.64. The van der Waals surface area contributed by atoms with Crippen molar-refractivity contribution in [3.63, 3.8) is 0 Å². The van der Waals surface area contributed by atoms with E-state index in [1.54, 1.807) is 0 Å². The summed E-state index contributed by atoms with van der Waals surface area (Å²) in [6.45, 7) is 1.57. The smallest absolute Gasteiger partial charge is 0.381 e. The highest BCUT2D eigenvalue weighted by atomic mass is 19.4. The van der Waals surface area contributed by atoms with Gasteiger partial charge in [-0.3, -0.25) is 4.90 Å². The molecule has 1 unspecified atom stereocenters. The van der Waals surface area contributed by atoms with Gasteiger partial charge in [0, 0.05) is 31.2 Å². The molecule has 0 aromatic heterocycles. The zero-order valence-electron chi connectivity index (χ0n) is 10.7. The lowest BCUT2D eigenvalue weighted by Gasteiger charge is -2.33. The molecule has 2 aliphatic rings. The van der Waals surface area contributed by atoms with Crippen molar-refractivity contribution < 1.29 is 17.9 Å². The zero-order valence-corrected chi connectivity index (χ0v) is 10.7. The van der Waals surface area contributed by atoms with Crippen molar-refractivity contribution >= 4 is 0 Å². The third-order valence-electron chi connectivity index (χ3n) is 3.58. The summed E-state index contributed by atoms with van der Waals surface area (Å²) in [6, 6.07) is 0.579. The minimum Gasteiger partial charge on any atom is -0.381 e. The minimum atomic E-state index is -4.13. The van der Waals surface area contributed by atoms with Crippen LogP contribution in [-0.4, -0.2) is 57.0 Å². The molecule has 1 saturated carbocycles. The van der Waals surface area contributed by atoms with Gasteiger partial charge < -0.3 is 10.1 Å². The van der Waals surface area contributed by atoms with E-state index >= 15 is 0 Å². The topological polar surface area (TPSA) is 24.5 Å². The number of nitrogens with one attached hydrogen (secondary N) is 1. The second kappa shape index (κ2) is 5.35. The number of nitrogens with zero attached hydrogens (tertiary/aromatic N) is 1. The van der Waals surface area contributed by atoms with Crippen LogP contribution in [0.5, 0.6) is 0 Å². The first-order valence-electron chi connectivity index (χ1n) is 6.45. The average molecular weight is 266 g/mol. The molecule has 2 rings (SSSR count). The maximum absolute atomic E-state index is 12.3. The number of ether oxygens (including phenoxy) is 1. The molecule has 18 heavy (non-hydrogen) atoms. The fourth-order valence-electron chi connectivity index (χ4n) is 2.55. The second-order valence-electron chi connectivity index (χ2n) is 5.75. The van der Waals surface area contributed by atoms with E-state index in [9.17, 15) is 13.2 Å². The second-order valence-corrected chi connectivity index (χ2v) is 5.75. The lowest BCUT2D eigenvalue weighted by molar-refractivity contribution is -0.145. The van der Waals surface area contributed by atoms with Crippen molar-refractivity contribution in [2.45, 2.75) is 31.5 Å². The van der Waals surface area contributed by atoms with Crippen LogP contribution in [0.4, 0.5) is 13.2 Å². The highest BCUT2D eigenvalue weighted by molar-refractivity contribution is 4.91. The van der Waals surface area contributed by atoms with Crippen LogP contribution in [0.2, 0.25) is 0 Å². The van der Waals surface area contributed by atoms with Crippen LogP contribution in [0.1, 0.15) is 19.3 Å². The van der Waals surface area contributed by atoms with Crippen LogP contribution in [0.25, 0.3) is 0 Å². The van der Waals surface area contributed by atoms with Gasteiger partial charge in [-0.1, -0.05) is 0 Å². The largest absolute Gasteiger partial charge is 0.401 e. The van der Waals surface area contributed by atoms with Crippen LogP contribution < -0.4 is 5.32 Å². The van der Waals surface area contributed by atoms with Gasteiger partial charge in [0.25, 0.3) is 0 Å². The van der Waals surface area contributed by atoms with Gasteiger partial charge in [-0.15, -0.1) is 0 Å². The molecule has 0 amide bonds. The minimum absolute atomic E-state index is 0.150. The predicted molar refractivity (Wildman–Crippen MR) is 62.4 cm³/mol. The molecule has 1 aliphatic carbocycles. The Morgan fingerprint density at radius 2 is 2.11 bits per heavy atom. The van der Waals surface area contributed by atoms with Gasteiger partial charge in [0.05, 0.1) is 13.2 Å². The monoisotopic (exact) mass is 266 g/mol. The normalized spacial score (nSPS) is 29.2. The van der Waals surface area contributed by atoms with Crippen molar-refractivity contribution in [2.24, 2.45) is 5.41 Å². The Balaban J connectivity index is 1.84. The fourth-order valence-corrected chi connectivity index (χ4v) is 2.55. The molecule has 2 fully saturated rings. The third-order valence-corrected chi connectivity index (χ3v) is 3.58. The van der Waals surface area contributed by atoms with Gasteiger partial charge in [0.1, 0.15) is 0 Å². The van der Waals surface area contributed by atoms with Crippen LogP contribution >= 0.6 is 0 Å². The summed E-state index contributed by atoms with van der Waals surface area (Å²) in [4.78, 5) is 1.36. The highest BCUT2D eigenvalue weighted by Gasteiger charge is 2.39. The Bertz CT molecular complexity index is 273. The third kappa shape index (κ3) is 4.40. The standard InChI is InChI=1S/C12H21F3N2O/c1-17(8-12(13,14)15)7-11(4-5-18-9-11)6-16-10-2-3-10/h10,16H,2-9H2,1H3. The molecule has 6 heteroatoms.